The van der Waals surface area contributed by atoms with Gasteiger partial charge in [0.1, 0.15) is 0 Å². The zero-order valence-electron chi connectivity index (χ0n) is 13.1. The zero-order chi connectivity index (χ0) is 17.1. The number of nitrogens with zero attached hydrogens (tertiary/aromatic N) is 4. The fourth-order valence-corrected chi connectivity index (χ4v) is 1.63. The number of alkyl halides is 1. The summed E-state index contributed by atoms with van der Waals surface area (Å²) in [4.78, 5) is 14.9. The molecule has 0 amide bonds. The van der Waals surface area contributed by atoms with Crippen LogP contribution in [0.5, 0.6) is 0 Å². The SMILES string of the molecule is CCOC(=O)CC([O-])=N[n+]1ccccc1.Cn1cnc(CCl)c1. The maximum atomic E-state index is 11.2. The maximum absolute atomic E-state index is 11.2. The fourth-order valence-electron chi connectivity index (χ4n) is 1.49. The summed E-state index contributed by atoms with van der Waals surface area (Å²) in [5.74, 6) is -0.576. The van der Waals surface area contributed by atoms with Crippen LogP contribution in [-0.2, 0) is 22.5 Å². The lowest BCUT2D eigenvalue weighted by molar-refractivity contribution is -0.681. The Labute approximate surface area is 139 Å². The Kier molecular flexibility index (Phi) is 8.38. The number of ether oxygens (including phenoxy) is 1. The summed E-state index contributed by atoms with van der Waals surface area (Å²) in [5.41, 5.74) is 0.925. The molecule has 0 aliphatic rings. The standard InChI is InChI=1S/C10H12N2O3.C5H7ClN2/c1-2-15-10(14)8-9(13)11-12-6-4-3-5-7-12;1-8-3-5(2-6)7-4-8/h3-7H,2,8H2,1H3;3-4H,2H2,1H3. The molecule has 0 N–H and O–H groups in total. The Morgan fingerprint density at radius 2 is 2.13 bits per heavy atom. The van der Waals surface area contributed by atoms with E-state index in [1.165, 1.54) is 4.68 Å². The van der Waals surface area contributed by atoms with Gasteiger partial charge in [-0.05, 0) is 12.0 Å². The van der Waals surface area contributed by atoms with Crippen molar-refractivity contribution in [2.75, 3.05) is 6.61 Å². The van der Waals surface area contributed by atoms with Gasteiger partial charge in [0.25, 0.3) is 0 Å². The molecule has 0 spiro atoms. The number of esters is 1. The Morgan fingerprint density at radius 1 is 1.43 bits per heavy atom. The number of rotatable bonds is 5. The Hall–Kier alpha value is -2.41. The highest BCUT2D eigenvalue weighted by Crippen LogP contribution is 1.96. The molecule has 0 unspecified atom stereocenters. The Balaban J connectivity index is 0.000000277. The second kappa shape index (κ2) is 10.3. The first-order valence-electron chi connectivity index (χ1n) is 6.94. The van der Waals surface area contributed by atoms with Crippen LogP contribution in [0, 0.1) is 0 Å². The van der Waals surface area contributed by atoms with Crippen LogP contribution in [0.3, 0.4) is 0 Å². The van der Waals surface area contributed by atoms with Crippen molar-refractivity contribution in [1.29, 1.82) is 0 Å². The lowest BCUT2D eigenvalue weighted by atomic mass is 10.4. The predicted molar refractivity (Wildman–Crippen MR) is 83.5 cm³/mol. The molecule has 2 aromatic rings. The van der Waals surface area contributed by atoms with Crippen molar-refractivity contribution >= 4 is 23.5 Å². The number of carbonyl (C=O) groups is 1. The van der Waals surface area contributed by atoms with E-state index in [0.717, 1.165) is 5.69 Å². The molecule has 0 fully saturated rings. The number of hydrogen-bond donors (Lipinski definition) is 0. The lowest BCUT2D eigenvalue weighted by Crippen LogP contribution is -2.34. The second-order valence-corrected chi connectivity index (χ2v) is 4.66. The van der Waals surface area contributed by atoms with E-state index in [1.54, 1.807) is 37.8 Å². The summed E-state index contributed by atoms with van der Waals surface area (Å²) in [6, 6.07) is 5.28. The normalized spacial score (nSPS) is 10.7. The van der Waals surface area contributed by atoms with Crippen LogP contribution in [0.4, 0.5) is 0 Å². The highest BCUT2D eigenvalue weighted by atomic mass is 35.5. The van der Waals surface area contributed by atoms with Crippen LogP contribution >= 0.6 is 11.6 Å². The summed E-state index contributed by atoms with van der Waals surface area (Å²) in [7, 11) is 1.92. The smallest absolute Gasteiger partial charge is 0.310 e. The molecule has 2 rings (SSSR count). The monoisotopic (exact) mass is 338 g/mol. The van der Waals surface area contributed by atoms with Gasteiger partial charge in [0.05, 0.1) is 30.9 Å². The molecule has 0 aromatic carbocycles. The van der Waals surface area contributed by atoms with Crippen molar-refractivity contribution in [3.63, 3.8) is 0 Å². The van der Waals surface area contributed by atoms with E-state index in [1.807, 2.05) is 23.9 Å². The summed E-state index contributed by atoms with van der Waals surface area (Å²) < 4.78 is 7.84. The lowest BCUT2D eigenvalue weighted by Gasteiger charge is -2.05. The highest BCUT2D eigenvalue weighted by molar-refractivity contribution is 6.16. The van der Waals surface area contributed by atoms with Gasteiger partial charge < -0.3 is 14.4 Å². The van der Waals surface area contributed by atoms with E-state index in [0.29, 0.717) is 5.88 Å². The molecule has 23 heavy (non-hydrogen) atoms. The van der Waals surface area contributed by atoms with Gasteiger partial charge in [0.2, 0.25) is 12.4 Å². The minimum absolute atomic E-state index is 0.268. The first-order chi connectivity index (χ1) is 11.0. The first-order valence-corrected chi connectivity index (χ1v) is 7.48. The van der Waals surface area contributed by atoms with Crippen LogP contribution < -0.4 is 9.78 Å². The largest absolute Gasteiger partial charge is 0.857 e. The Bertz CT molecular complexity index is 629. The van der Waals surface area contributed by atoms with E-state index < -0.39 is 11.9 Å². The molecule has 2 aromatic heterocycles. The molecule has 0 saturated heterocycles. The Morgan fingerprint density at radius 3 is 2.61 bits per heavy atom. The van der Waals surface area contributed by atoms with Crippen molar-refractivity contribution in [3.8, 4) is 0 Å². The molecule has 0 aliphatic carbocycles. The van der Waals surface area contributed by atoms with Crippen molar-refractivity contribution in [1.82, 2.24) is 9.55 Å². The van der Waals surface area contributed by atoms with Crippen LogP contribution in [-0.4, -0.2) is 28.0 Å². The van der Waals surface area contributed by atoms with Gasteiger partial charge in [-0.25, -0.2) is 4.98 Å². The number of aromatic nitrogens is 3. The summed E-state index contributed by atoms with van der Waals surface area (Å²) in [5, 5.41) is 14.9. The molecule has 0 aliphatic heterocycles. The maximum Gasteiger partial charge on any atom is 0.310 e. The average molecular weight is 339 g/mol. The number of imidazole rings is 1. The fraction of sp³-hybridized carbons (Fsp3) is 0.333. The summed E-state index contributed by atoms with van der Waals surface area (Å²) >= 11 is 5.46. The van der Waals surface area contributed by atoms with Crippen LogP contribution in [0.2, 0.25) is 0 Å². The van der Waals surface area contributed by atoms with Gasteiger partial charge in [-0.15, -0.1) is 11.6 Å². The molecule has 0 atom stereocenters. The second-order valence-electron chi connectivity index (χ2n) is 4.40. The highest BCUT2D eigenvalue weighted by Gasteiger charge is 2.02. The third-order valence-electron chi connectivity index (χ3n) is 2.42. The van der Waals surface area contributed by atoms with Gasteiger partial charge >= 0.3 is 5.97 Å². The van der Waals surface area contributed by atoms with E-state index in [-0.39, 0.29) is 13.0 Å². The van der Waals surface area contributed by atoms with Gasteiger partial charge in [-0.2, -0.15) is 0 Å². The predicted octanol–water partition coefficient (Wildman–Crippen LogP) is 0.608. The van der Waals surface area contributed by atoms with Gasteiger partial charge in [0, 0.05) is 31.3 Å². The number of carbonyl (C=O) groups excluding carboxylic acids is 1. The van der Waals surface area contributed by atoms with Crippen molar-refractivity contribution in [2.24, 2.45) is 12.1 Å². The molecule has 8 heteroatoms. The van der Waals surface area contributed by atoms with E-state index >= 15 is 0 Å². The van der Waals surface area contributed by atoms with Crippen LogP contribution in [0.15, 0.2) is 48.2 Å². The quantitative estimate of drug-likeness (QED) is 0.263. The first kappa shape index (κ1) is 18.6. The van der Waals surface area contributed by atoms with Crippen LogP contribution in [0.1, 0.15) is 19.0 Å². The molecule has 124 valence electrons. The molecular formula is C15H19ClN4O3. The molecule has 2 heterocycles. The van der Waals surface area contributed by atoms with E-state index in [9.17, 15) is 9.90 Å². The van der Waals surface area contributed by atoms with Crippen LogP contribution in [0.25, 0.3) is 0 Å². The molecule has 0 saturated carbocycles. The zero-order valence-corrected chi connectivity index (χ0v) is 13.8. The van der Waals surface area contributed by atoms with Gasteiger partial charge in [-0.3, -0.25) is 4.79 Å². The summed E-state index contributed by atoms with van der Waals surface area (Å²) in [6.07, 6.45) is 6.53. The van der Waals surface area contributed by atoms with Crippen molar-refractivity contribution < 1.29 is 19.3 Å². The minimum atomic E-state index is -0.553. The minimum Gasteiger partial charge on any atom is -0.857 e. The molecule has 7 nitrogen and oxygen atoms in total. The number of hydrogen-bond acceptors (Lipinski definition) is 5. The average Bonchev–Trinajstić information content (AvgIpc) is 2.94. The summed E-state index contributed by atoms with van der Waals surface area (Å²) in [6.45, 7) is 1.95. The molecular weight excluding hydrogens is 320 g/mol. The third-order valence-corrected chi connectivity index (χ3v) is 2.70. The van der Waals surface area contributed by atoms with E-state index in [4.69, 9.17) is 11.6 Å². The van der Waals surface area contributed by atoms with Gasteiger partial charge in [0.15, 0.2) is 0 Å². The number of halogens is 1. The van der Waals surface area contributed by atoms with Crippen molar-refractivity contribution in [2.45, 2.75) is 19.2 Å². The molecule has 0 radical (unpaired) electrons. The van der Waals surface area contributed by atoms with Crippen molar-refractivity contribution in [3.05, 3.63) is 48.8 Å². The third kappa shape index (κ3) is 7.96. The topological polar surface area (TPSA) is 83.4 Å². The van der Waals surface area contributed by atoms with E-state index in [2.05, 4.69) is 14.8 Å². The van der Waals surface area contributed by atoms with Gasteiger partial charge in [-0.1, -0.05) is 10.7 Å². The number of aryl methyl sites for hydroxylation is 1. The molecule has 0 bridgehead atoms. The number of pyridine rings is 1.